The summed E-state index contributed by atoms with van der Waals surface area (Å²) >= 11 is 0. The first-order valence-electron chi connectivity index (χ1n) is 6.03. The van der Waals surface area contributed by atoms with Gasteiger partial charge in [0.1, 0.15) is 5.75 Å². The number of aliphatic hydroxyl groups excluding tert-OH is 1. The quantitative estimate of drug-likeness (QED) is 0.791. The average molecular weight is 259 g/mol. The Bertz CT molecular complexity index is 343. The van der Waals surface area contributed by atoms with E-state index in [9.17, 15) is 13.9 Å². The molecule has 0 aliphatic rings. The van der Waals surface area contributed by atoms with Gasteiger partial charge in [0.25, 0.3) is 0 Å². The van der Waals surface area contributed by atoms with Gasteiger partial charge in [0, 0.05) is 0 Å². The van der Waals surface area contributed by atoms with E-state index in [2.05, 4.69) is 4.74 Å². The number of alkyl halides is 2. The summed E-state index contributed by atoms with van der Waals surface area (Å²) in [7, 11) is 0. The van der Waals surface area contributed by atoms with Crippen LogP contribution >= 0.6 is 0 Å². The van der Waals surface area contributed by atoms with Crippen molar-refractivity contribution in [2.24, 2.45) is 5.73 Å². The lowest BCUT2D eigenvalue weighted by Gasteiger charge is -2.19. The van der Waals surface area contributed by atoms with Crippen LogP contribution in [0.4, 0.5) is 8.78 Å². The number of hydrogen-bond donors (Lipinski definition) is 2. The van der Waals surface area contributed by atoms with Gasteiger partial charge in [-0.05, 0) is 24.1 Å². The zero-order valence-corrected chi connectivity index (χ0v) is 10.4. The average Bonchev–Trinajstić information content (AvgIpc) is 2.35. The van der Waals surface area contributed by atoms with Crippen LogP contribution in [0.25, 0.3) is 0 Å². The Hall–Kier alpha value is -1.20. The highest BCUT2D eigenvalue weighted by Gasteiger charge is 2.16. The molecule has 5 heteroatoms. The number of aliphatic hydroxyl groups is 1. The van der Waals surface area contributed by atoms with E-state index in [0.29, 0.717) is 12.0 Å². The van der Waals surface area contributed by atoms with E-state index >= 15 is 0 Å². The molecule has 2 atom stereocenters. The molecule has 3 N–H and O–H groups in total. The zero-order valence-electron chi connectivity index (χ0n) is 10.4. The van der Waals surface area contributed by atoms with Gasteiger partial charge in [-0.2, -0.15) is 8.78 Å². The first-order chi connectivity index (χ1) is 8.54. The summed E-state index contributed by atoms with van der Waals surface area (Å²) < 4.78 is 28.2. The van der Waals surface area contributed by atoms with Gasteiger partial charge < -0.3 is 15.6 Å². The van der Waals surface area contributed by atoms with Crippen LogP contribution in [0.3, 0.4) is 0 Å². The monoisotopic (exact) mass is 259 g/mol. The number of hydrogen-bond acceptors (Lipinski definition) is 3. The molecule has 0 saturated carbocycles. The van der Waals surface area contributed by atoms with E-state index in [-0.39, 0.29) is 5.75 Å². The molecule has 3 nitrogen and oxygen atoms in total. The highest BCUT2D eigenvalue weighted by Crippen LogP contribution is 2.21. The third-order valence-electron chi connectivity index (χ3n) is 2.76. The molecule has 1 aromatic carbocycles. The van der Waals surface area contributed by atoms with Crippen molar-refractivity contribution >= 4 is 0 Å². The van der Waals surface area contributed by atoms with Crippen molar-refractivity contribution in [1.82, 2.24) is 0 Å². The molecular weight excluding hydrogens is 240 g/mol. The van der Waals surface area contributed by atoms with E-state index in [0.717, 1.165) is 12.8 Å². The number of unbranched alkanes of at least 4 members (excludes halogenated alkanes) is 1. The smallest absolute Gasteiger partial charge is 0.387 e. The highest BCUT2D eigenvalue weighted by atomic mass is 19.3. The summed E-state index contributed by atoms with van der Waals surface area (Å²) in [6.45, 7) is -0.797. The lowest BCUT2D eigenvalue weighted by molar-refractivity contribution is -0.0498. The Balaban J connectivity index is 2.60. The predicted octanol–water partition coefficient (Wildman–Crippen LogP) is 2.84. The van der Waals surface area contributed by atoms with E-state index < -0.39 is 18.8 Å². The number of halogens is 2. The minimum absolute atomic E-state index is 0.0870. The number of benzene rings is 1. The van der Waals surface area contributed by atoms with Crippen LogP contribution in [-0.4, -0.2) is 17.8 Å². The minimum Gasteiger partial charge on any atom is -0.435 e. The Kier molecular flexibility index (Phi) is 6.01. The van der Waals surface area contributed by atoms with Gasteiger partial charge in [-0.15, -0.1) is 0 Å². The first-order valence-corrected chi connectivity index (χ1v) is 6.03. The second-order valence-corrected chi connectivity index (χ2v) is 4.18. The molecule has 102 valence electrons. The molecule has 0 spiro atoms. The van der Waals surface area contributed by atoms with Crippen LogP contribution < -0.4 is 10.5 Å². The maximum Gasteiger partial charge on any atom is 0.387 e. The van der Waals surface area contributed by atoms with Crippen molar-refractivity contribution in [2.45, 2.75) is 44.9 Å². The van der Waals surface area contributed by atoms with Crippen molar-refractivity contribution in [3.63, 3.8) is 0 Å². The SMILES string of the molecule is CCCC[C@@H](O)[C@@H](N)c1ccc(OC(F)F)cc1. The maximum absolute atomic E-state index is 12.0. The van der Waals surface area contributed by atoms with Gasteiger partial charge in [0.15, 0.2) is 0 Å². The molecular formula is C13H19F2NO2. The summed E-state index contributed by atoms with van der Waals surface area (Å²) in [5, 5.41) is 9.84. The van der Waals surface area contributed by atoms with Crippen molar-refractivity contribution in [1.29, 1.82) is 0 Å². The topological polar surface area (TPSA) is 55.5 Å². The molecule has 0 amide bonds. The van der Waals surface area contributed by atoms with E-state index in [1.54, 1.807) is 12.1 Å². The second kappa shape index (κ2) is 7.28. The van der Waals surface area contributed by atoms with E-state index in [1.807, 2.05) is 6.92 Å². The third kappa shape index (κ3) is 4.58. The third-order valence-corrected chi connectivity index (χ3v) is 2.76. The number of rotatable bonds is 7. The predicted molar refractivity (Wildman–Crippen MR) is 65.5 cm³/mol. The largest absolute Gasteiger partial charge is 0.435 e. The van der Waals surface area contributed by atoms with Gasteiger partial charge in [-0.1, -0.05) is 31.9 Å². The van der Waals surface area contributed by atoms with Gasteiger partial charge in [0.2, 0.25) is 0 Å². The molecule has 0 saturated heterocycles. The molecule has 0 bridgehead atoms. The molecule has 1 rings (SSSR count). The molecule has 0 fully saturated rings. The molecule has 0 aromatic heterocycles. The standard InChI is InChI=1S/C13H19F2NO2/c1-2-3-4-11(17)12(16)9-5-7-10(8-6-9)18-13(14)15/h5-8,11-13,17H,2-4,16H2,1H3/t11-,12+/m1/s1. The van der Waals surface area contributed by atoms with Crippen LogP contribution in [0.15, 0.2) is 24.3 Å². The second-order valence-electron chi connectivity index (χ2n) is 4.18. The Morgan fingerprint density at radius 1 is 1.28 bits per heavy atom. The van der Waals surface area contributed by atoms with Crippen molar-refractivity contribution < 1.29 is 18.6 Å². The van der Waals surface area contributed by atoms with Crippen LogP contribution in [0, 0.1) is 0 Å². The summed E-state index contributed by atoms with van der Waals surface area (Å²) in [4.78, 5) is 0. The van der Waals surface area contributed by atoms with E-state index in [4.69, 9.17) is 5.73 Å². The van der Waals surface area contributed by atoms with E-state index in [1.165, 1.54) is 12.1 Å². The minimum atomic E-state index is -2.83. The van der Waals surface area contributed by atoms with Crippen LogP contribution in [0.1, 0.15) is 37.8 Å². The maximum atomic E-state index is 12.0. The molecule has 0 heterocycles. The molecule has 0 unspecified atom stereocenters. The first kappa shape index (κ1) is 14.9. The van der Waals surface area contributed by atoms with Crippen molar-refractivity contribution in [3.8, 4) is 5.75 Å². The Morgan fingerprint density at radius 2 is 1.89 bits per heavy atom. The lowest BCUT2D eigenvalue weighted by atomic mass is 9.98. The normalized spacial score (nSPS) is 14.6. The molecule has 1 aromatic rings. The molecule has 18 heavy (non-hydrogen) atoms. The lowest BCUT2D eigenvalue weighted by Crippen LogP contribution is -2.26. The van der Waals surface area contributed by atoms with Gasteiger partial charge in [0.05, 0.1) is 12.1 Å². The van der Waals surface area contributed by atoms with Crippen LogP contribution in [0.5, 0.6) is 5.75 Å². The Labute approximate surface area is 106 Å². The number of ether oxygens (including phenoxy) is 1. The fourth-order valence-electron chi connectivity index (χ4n) is 1.69. The number of nitrogens with two attached hydrogens (primary N) is 1. The van der Waals surface area contributed by atoms with Crippen molar-refractivity contribution in [3.05, 3.63) is 29.8 Å². The van der Waals surface area contributed by atoms with Crippen molar-refractivity contribution in [2.75, 3.05) is 0 Å². The van der Waals surface area contributed by atoms with Gasteiger partial charge in [-0.25, -0.2) is 0 Å². The molecule has 0 aliphatic heterocycles. The van der Waals surface area contributed by atoms with Gasteiger partial charge >= 0.3 is 6.61 Å². The van der Waals surface area contributed by atoms with Gasteiger partial charge in [-0.3, -0.25) is 0 Å². The van der Waals surface area contributed by atoms with Crippen LogP contribution in [0.2, 0.25) is 0 Å². The zero-order chi connectivity index (χ0) is 13.5. The Morgan fingerprint density at radius 3 is 2.39 bits per heavy atom. The highest BCUT2D eigenvalue weighted by molar-refractivity contribution is 5.29. The summed E-state index contributed by atoms with van der Waals surface area (Å²) in [5.74, 6) is 0.0870. The van der Waals surface area contributed by atoms with Crippen LogP contribution in [-0.2, 0) is 0 Å². The molecule has 0 radical (unpaired) electrons. The molecule has 0 aliphatic carbocycles. The summed E-state index contributed by atoms with van der Waals surface area (Å²) in [6.07, 6.45) is 1.91. The summed E-state index contributed by atoms with van der Waals surface area (Å²) in [6, 6.07) is 5.54. The fourth-order valence-corrected chi connectivity index (χ4v) is 1.69. The fraction of sp³-hybridized carbons (Fsp3) is 0.538. The summed E-state index contributed by atoms with van der Waals surface area (Å²) in [5.41, 5.74) is 6.60.